The summed E-state index contributed by atoms with van der Waals surface area (Å²) < 4.78 is 174. The molecule has 0 saturated carbocycles. The van der Waals surface area contributed by atoms with Gasteiger partial charge in [-0.25, -0.2) is 0 Å². The van der Waals surface area contributed by atoms with E-state index in [2.05, 4.69) is 25.6 Å². The summed E-state index contributed by atoms with van der Waals surface area (Å²) in [5.74, 6) is -39.7. The van der Waals surface area contributed by atoms with Gasteiger partial charge in [0.05, 0.1) is 0 Å². The fraction of sp³-hybridized carbons (Fsp3) is 0.474. The molecule has 0 amide bonds. The highest BCUT2D eigenvalue weighted by atomic mass is 19.4. The van der Waals surface area contributed by atoms with Crippen molar-refractivity contribution in [1.29, 1.82) is 0 Å². The molecule has 0 aliphatic heterocycles. The Hall–Kier alpha value is -3.81. The van der Waals surface area contributed by atoms with Gasteiger partial charge in [-0.15, -0.1) is 0 Å². The molecule has 2 aromatic rings. The Labute approximate surface area is 214 Å². The Kier molecular flexibility index (Phi) is 8.35. The number of anilines is 4. The van der Waals surface area contributed by atoms with Crippen LogP contribution in [0.15, 0.2) is 24.3 Å². The van der Waals surface area contributed by atoms with E-state index in [0.717, 1.165) is 0 Å². The quantitative estimate of drug-likeness (QED) is 0.294. The Bertz CT molecular complexity index is 1220. The van der Waals surface area contributed by atoms with Gasteiger partial charge in [0.2, 0.25) is 17.8 Å². The highest BCUT2D eigenvalue weighted by molar-refractivity contribution is 5.72. The summed E-state index contributed by atoms with van der Waals surface area (Å²) in [7, 11) is 2.89. The summed E-state index contributed by atoms with van der Waals surface area (Å²) in [5.41, 5.74) is -2.51. The molecule has 1 heterocycles. The van der Waals surface area contributed by atoms with Crippen LogP contribution in [0.25, 0.3) is 0 Å². The minimum atomic E-state index is -8.00. The van der Waals surface area contributed by atoms with E-state index in [1.807, 2.05) is 0 Å². The number of aliphatic carboxylic acids is 1. The maximum Gasteiger partial charge on any atom is 0.460 e. The van der Waals surface area contributed by atoms with Gasteiger partial charge in [0.15, 0.2) is 0 Å². The Balaban J connectivity index is 2.42. The number of hydrogen-bond acceptors (Lipinski definition) is 7. The van der Waals surface area contributed by atoms with E-state index in [9.17, 15) is 61.9 Å². The molecule has 0 fully saturated rings. The first-order valence-electron chi connectivity index (χ1n) is 10.1. The van der Waals surface area contributed by atoms with Crippen LogP contribution in [0, 0.1) is 0 Å². The maximum absolute atomic E-state index is 14.3. The number of nitrogens with one attached hydrogen (secondary N) is 2. The first kappa shape index (κ1) is 32.4. The molecule has 0 radical (unpaired) electrons. The summed E-state index contributed by atoms with van der Waals surface area (Å²) in [6, 6.07) is 0.876. The molecule has 0 unspecified atom stereocenters. The lowest BCUT2D eigenvalue weighted by Gasteiger charge is -2.39. The lowest BCUT2D eigenvalue weighted by Crippen LogP contribution is -2.69. The summed E-state index contributed by atoms with van der Waals surface area (Å²) in [6.45, 7) is -0.660. The number of halogens is 13. The van der Waals surface area contributed by atoms with Crippen LogP contribution in [0.4, 0.5) is 80.6 Å². The number of hydrogen-bond donors (Lipinski definition) is 3. The third kappa shape index (κ3) is 5.58. The number of benzene rings is 1. The summed E-state index contributed by atoms with van der Waals surface area (Å²) in [6.07, 6.45) is -7.50. The van der Waals surface area contributed by atoms with E-state index in [0.29, 0.717) is 12.1 Å². The highest BCUT2D eigenvalue weighted by Crippen LogP contribution is 2.62. The normalized spacial score (nSPS) is 13.7. The second-order valence-electron chi connectivity index (χ2n) is 8.00. The fourth-order valence-corrected chi connectivity index (χ4v) is 2.70. The maximum atomic E-state index is 14.3. The summed E-state index contributed by atoms with van der Waals surface area (Å²) >= 11 is 0. The first-order chi connectivity index (χ1) is 17.9. The minimum absolute atomic E-state index is 0.0377. The molecule has 0 atom stereocenters. The molecule has 8 nitrogen and oxygen atoms in total. The molecule has 0 aliphatic rings. The van der Waals surface area contributed by atoms with E-state index in [4.69, 9.17) is 5.11 Å². The highest BCUT2D eigenvalue weighted by Gasteiger charge is 2.90. The monoisotopic (exact) mass is 606 g/mol. The van der Waals surface area contributed by atoms with Crippen molar-refractivity contribution in [3.05, 3.63) is 29.8 Å². The molecule has 224 valence electrons. The molecular formula is C19H15F13N6O2. The first-order valence-corrected chi connectivity index (χ1v) is 10.1. The predicted molar refractivity (Wildman–Crippen MR) is 110 cm³/mol. The largest absolute Gasteiger partial charge is 0.480 e. The van der Waals surface area contributed by atoms with Crippen LogP contribution >= 0.6 is 0 Å². The molecule has 0 aliphatic carbocycles. The number of nitrogens with zero attached hydrogens (tertiary/aromatic N) is 4. The van der Waals surface area contributed by atoms with Gasteiger partial charge in [-0.2, -0.15) is 72.0 Å². The van der Waals surface area contributed by atoms with E-state index in [1.165, 1.54) is 19.0 Å². The second kappa shape index (κ2) is 10.3. The third-order valence-electron chi connectivity index (χ3n) is 4.86. The van der Waals surface area contributed by atoms with Gasteiger partial charge in [-0.05, 0) is 12.1 Å². The molecule has 0 saturated heterocycles. The number of aromatic nitrogens is 3. The summed E-state index contributed by atoms with van der Waals surface area (Å²) in [4.78, 5) is 23.5. The van der Waals surface area contributed by atoms with Crippen LogP contribution in [0.1, 0.15) is 5.56 Å². The van der Waals surface area contributed by atoms with Crippen molar-refractivity contribution < 1.29 is 67.0 Å². The van der Waals surface area contributed by atoms with Crippen molar-refractivity contribution in [3.8, 4) is 0 Å². The van der Waals surface area contributed by atoms with Crippen LogP contribution in [0.3, 0.4) is 0 Å². The molecule has 2 rings (SSSR count). The molecule has 3 N–H and O–H groups in total. The number of rotatable bonds is 11. The zero-order chi connectivity index (χ0) is 31.1. The molecule has 0 bridgehead atoms. The van der Waals surface area contributed by atoms with Crippen molar-refractivity contribution in [1.82, 2.24) is 15.0 Å². The van der Waals surface area contributed by atoms with Crippen LogP contribution < -0.4 is 15.5 Å². The van der Waals surface area contributed by atoms with Gasteiger partial charge in [-0.3, -0.25) is 4.79 Å². The third-order valence-corrected chi connectivity index (χ3v) is 4.86. The predicted octanol–water partition coefficient (Wildman–Crippen LogP) is 5.37. The van der Waals surface area contributed by atoms with Crippen LogP contribution in [-0.2, 0) is 10.7 Å². The zero-order valence-corrected chi connectivity index (χ0v) is 19.6. The van der Waals surface area contributed by atoms with E-state index >= 15 is 0 Å². The van der Waals surface area contributed by atoms with Crippen molar-refractivity contribution in [3.63, 3.8) is 0 Å². The fourth-order valence-electron chi connectivity index (χ4n) is 2.70. The Morgan fingerprint density at radius 3 is 1.68 bits per heavy atom. The van der Waals surface area contributed by atoms with Crippen LogP contribution in [0.2, 0.25) is 0 Å². The SMILES string of the molecule is CN(C)c1nc(NCC(=O)O)nc(Nc2ccc(C(F)(F)C(F)(F)C(F)(F)C(F)(F)C(F)(F)C(F)(F)F)cc2)n1. The molecule has 21 heteroatoms. The lowest BCUT2D eigenvalue weighted by molar-refractivity contribution is -0.441. The minimum Gasteiger partial charge on any atom is -0.480 e. The van der Waals surface area contributed by atoms with Gasteiger partial charge in [-0.1, -0.05) is 12.1 Å². The van der Waals surface area contributed by atoms with Crippen molar-refractivity contribution in [2.75, 3.05) is 36.2 Å². The second-order valence-corrected chi connectivity index (χ2v) is 8.00. The molecule has 40 heavy (non-hydrogen) atoms. The van der Waals surface area contributed by atoms with Crippen molar-refractivity contribution in [2.45, 2.75) is 35.8 Å². The Morgan fingerprint density at radius 1 is 0.750 bits per heavy atom. The molecule has 0 spiro atoms. The zero-order valence-electron chi connectivity index (χ0n) is 19.6. The molecule has 1 aromatic carbocycles. The van der Waals surface area contributed by atoms with Crippen LogP contribution in [-0.4, -0.2) is 76.5 Å². The van der Waals surface area contributed by atoms with Gasteiger partial charge in [0.1, 0.15) is 6.54 Å². The van der Waals surface area contributed by atoms with Crippen molar-refractivity contribution in [2.24, 2.45) is 0 Å². The number of carboxylic acids is 1. The lowest BCUT2D eigenvalue weighted by atomic mass is 9.90. The van der Waals surface area contributed by atoms with Crippen LogP contribution in [0.5, 0.6) is 0 Å². The summed E-state index contributed by atoms with van der Waals surface area (Å²) in [5, 5.41) is 13.4. The molecular weight excluding hydrogens is 591 g/mol. The van der Waals surface area contributed by atoms with Gasteiger partial charge in [0, 0.05) is 25.3 Å². The number of alkyl halides is 13. The topological polar surface area (TPSA) is 103 Å². The van der Waals surface area contributed by atoms with Crippen molar-refractivity contribution >= 4 is 29.5 Å². The van der Waals surface area contributed by atoms with E-state index < -0.39 is 59.8 Å². The standard InChI is InChI=1S/C19H15F13N6O2/c1-38(2)13-36-11(33-7-10(39)40)35-12(37-13)34-9-5-3-8(4-6-9)14(20,21)15(22,23)16(24,25)17(26,27)18(28,29)19(30,31)32/h3-6H,7H2,1-2H3,(H,39,40)(H2,33,34,35,36,37). The van der Waals surface area contributed by atoms with Gasteiger partial charge in [0.25, 0.3) is 0 Å². The smallest absolute Gasteiger partial charge is 0.460 e. The van der Waals surface area contributed by atoms with Gasteiger partial charge >= 0.3 is 41.8 Å². The Morgan fingerprint density at radius 2 is 1.23 bits per heavy atom. The van der Waals surface area contributed by atoms with Gasteiger partial charge < -0.3 is 20.6 Å². The number of carbonyl (C=O) groups is 1. The number of carboxylic acid groups (broad SMARTS) is 1. The average Bonchev–Trinajstić information content (AvgIpc) is 2.81. The molecule has 1 aromatic heterocycles. The van der Waals surface area contributed by atoms with E-state index in [1.54, 1.807) is 0 Å². The average molecular weight is 606 g/mol. The van der Waals surface area contributed by atoms with E-state index in [-0.39, 0.29) is 29.7 Å².